The molecule has 0 aliphatic rings. The van der Waals surface area contributed by atoms with Gasteiger partial charge < -0.3 is 4.74 Å². The van der Waals surface area contributed by atoms with Gasteiger partial charge in [-0.15, -0.1) is 0 Å². The fourth-order valence-electron chi connectivity index (χ4n) is 1.76. The Morgan fingerprint density at radius 2 is 1.44 bits per heavy atom. The first-order chi connectivity index (χ1) is 11.3. The highest BCUT2D eigenvalue weighted by Crippen LogP contribution is 2.50. The summed E-state index contributed by atoms with van der Waals surface area (Å²) in [7, 11) is 0. The zero-order chi connectivity index (χ0) is 19.2. The van der Waals surface area contributed by atoms with Crippen LogP contribution < -0.4 is 4.74 Å². The molecule has 11 heteroatoms. The second kappa shape index (κ2) is 6.66. The molecule has 0 fully saturated rings. The van der Waals surface area contributed by atoms with Crippen molar-refractivity contribution in [2.24, 2.45) is 0 Å². The van der Waals surface area contributed by atoms with Crippen LogP contribution in [0.4, 0.5) is 26.3 Å². The topological polar surface area (TPSA) is 29.1 Å². The van der Waals surface area contributed by atoms with Crippen LogP contribution in [-0.2, 0) is 17.5 Å². The molecule has 0 heterocycles. The Morgan fingerprint density at radius 3 is 1.92 bits per heavy atom. The first kappa shape index (κ1) is 19.8. The molecule has 0 aromatic heterocycles. The van der Waals surface area contributed by atoms with Crippen LogP contribution in [0.3, 0.4) is 0 Å². The van der Waals surface area contributed by atoms with Crippen LogP contribution in [0.1, 0.15) is 11.1 Å². The lowest BCUT2D eigenvalue weighted by Crippen LogP contribution is -2.08. The van der Waals surface area contributed by atoms with Gasteiger partial charge >= 0.3 is 12.4 Å². The Balaban J connectivity index is 2.56. The minimum Gasteiger partial charge on any atom is -0.453 e. The molecule has 0 bridgehead atoms. The van der Waals surface area contributed by atoms with E-state index in [0.717, 1.165) is 0 Å². The first-order valence-electron chi connectivity index (χ1n) is 6.13. The van der Waals surface area contributed by atoms with E-state index in [-0.39, 0.29) is 0 Å². The van der Waals surface area contributed by atoms with Crippen LogP contribution in [0.25, 0.3) is 0 Å². The summed E-state index contributed by atoms with van der Waals surface area (Å²) in [5.41, 5.74) is -2.61. The van der Waals surface area contributed by atoms with Crippen molar-refractivity contribution in [1.29, 1.82) is 0 Å². The van der Waals surface area contributed by atoms with Gasteiger partial charge in [-0.2, -0.15) is 26.3 Å². The summed E-state index contributed by atoms with van der Waals surface area (Å²) in [6.07, 6.45) is -9.70. The van der Waals surface area contributed by atoms with Crippen LogP contribution in [0.5, 0.6) is 17.2 Å². The van der Waals surface area contributed by atoms with Gasteiger partial charge in [-0.25, -0.2) is 0 Å². The Kier molecular flexibility index (Phi) is 5.28. The number of ether oxygens (including phenoxy) is 1. The van der Waals surface area contributed by atoms with Crippen molar-refractivity contribution in [3.05, 3.63) is 50.5 Å². The second-order valence-electron chi connectivity index (χ2n) is 4.62. The molecule has 2 aromatic carbocycles. The molecule has 135 valence electrons. The molecule has 2 aromatic rings. The van der Waals surface area contributed by atoms with Crippen molar-refractivity contribution in [3.63, 3.8) is 0 Å². The lowest BCUT2D eigenvalue weighted by molar-refractivity contribution is -0.138. The molecule has 0 amide bonds. The second-order valence-corrected chi connectivity index (χ2v) is 5.81. The maximum Gasteiger partial charge on any atom is 0.420 e. The average molecular weight is 425 g/mol. The maximum atomic E-state index is 13.1. The average Bonchev–Trinajstić information content (AvgIpc) is 2.47. The van der Waals surface area contributed by atoms with Crippen LogP contribution in [0.15, 0.2) is 24.3 Å². The summed E-state index contributed by atoms with van der Waals surface area (Å²) in [6, 6.07) is 2.03. The summed E-state index contributed by atoms with van der Waals surface area (Å²) in [5, 5.41) is 9.25. The number of alkyl halides is 6. The molecule has 0 saturated carbocycles. The Bertz CT molecular complexity index is 818. The fraction of sp³-hybridized carbons (Fsp3) is 0.143. The minimum absolute atomic E-state index is 0.309. The summed E-state index contributed by atoms with van der Waals surface area (Å²) in [5.74, 6) is -2.79. The molecule has 2 rings (SSSR count). The van der Waals surface area contributed by atoms with Gasteiger partial charge in [0, 0.05) is 0 Å². The van der Waals surface area contributed by atoms with Crippen molar-refractivity contribution in [3.8, 4) is 17.2 Å². The van der Waals surface area contributed by atoms with E-state index in [1.54, 1.807) is 0 Å². The van der Waals surface area contributed by atoms with E-state index in [4.69, 9.17) is 39.5 Å². The highest BCUT2D eigenvalue weighted by atomic mass is 35.5. The van der Waals surface area contributed by atoms with Gasteiger partial charge in [0.2, 0.25) is 5.75 Å². The Morgan fingerprint density at radius 1 is 0.840 bits per heavy atom. The molecule has 1 radical (unpaired) electrons. The largest absolute Gasteiger partial charge is 0.453 e. The Labute approximate surface area is 151 Å². The third-order valence-electron chi connectivity index (χ3n) is 2.91. The van der Waals surface area contributed by atoms with Crippen molar-refractivity contribution >= 4 is 34.8 Å². The summed E-state index contributed by atoms with van der Waals surface area (Å²) in [6.45, 7) is 0. The molecule has 0 aliphatic carbocycles. The van der Waals surface area contributed by atoms with Gasteiger partial charge in [-0.1, -0.05) is 34.8 Å². The summed E-state index contributed by atoms with van der Waals surface area (Å²) < 4.78 is 81.9. The molecule has 25 heavy (non-hydrogen) atoms. The highest BCUT2D eigenvalue weighted by Gasteiger charge is 2.38. The fourth-order valence-corrected chi connectivity index (χ4v) is 2.48. The molecule has 0 saturated heterocycles. The van der Waals surface area contributed by atoms with E-state index >= 15 is 0 Å². The number of halogens is 9. The van der Waals surface area contributed by atoms with Crippen molar-refractivity contribution in [1.82, 2.24) is 0 Å². The molecular weight excluding hydrogens is 420 g/mol. The minimum atomic E-state index is -4.99. The lowest BCUT2D eigenvalue weighted by Gasteiger charge is -2.17. The predicted molar refractivity (Wildman–Crippen MR) is 78.1 cm³/mol. The first-order valence-corrected chi connectivity index (χ1v) is 7.26. The number of benzene rings is 2. The van der Waals surface area contributed by atoms with Crippen LogP contribution in [0, 0.1) is 0 Å². The predicted octanol–water partition coefficient (Wildman–Crippen LogP) is 7.62. The van der Waals surface area contributed by atoms with E-state index in [1.807, 2.05) is 0 Å². The normalized spacial score (nSPS) is 12.4. The van der Waals surface area contributed by atoms with Gasteiger partial charge in [0.25, 0.3) is 0 Å². The summed E-state index contributed by atoms with van der Waals surface area (Å²) >= 11 is 16.6. The molecule has 0 N–H and O–H groups in total. The molecule has 0 unspecified atom stereocenters. The van der Waals surface area contributed by atoms with E-state index in [9.17, 15) is 31.4 Å². The van der Waals surface area contributed by atoms with Gasteiger partial charge in [0.15, 0.2) is 5.75 Å². The van der Waals surface area contributed by atoms with Gasteiger partial charge in [0.05, 0.1) is 15.6 Å². The molecular formula is C14H4Cl3F6O2. The van der Waals surface area contributed by atoms with Crippen molar-refractivity contribution in [2.45, 2.75) is 12.4 Å². The number of rotatable bonds is 2. The quantitative estimate of drug-likeness (QED) is 0.456. The molecule has 0 atom stereocenters. The van der Waals surface area contributed by atoms with Crippen molar-refractivity contribution < 1.29 is 36.2 Å². The smallest absolute Gasteiger partial charge is 0.420 e. The van der Waals surface area contributed by atoms with Gasteiger partial charge in [-0.3, -0.25) is 5.11 Å². The zero-order valence-electron chi connectivity index (χ0n) is 11.5. The Hall–Kier alpha value is -1.51. The molecule has 0 aliphatic heterocycles. The zero-order valence-corrected chi connectivity index (χ0v) is 13.8. The molecule has 0 spiro atoms. The van der Waals surface area contributed by atoms with Crippen molar-refractivity contribution in [2.75, 3.05) is 0 Å². The maximum absolute atomic E-state index is 13.1. The van der Waals surface area contributed by atoms with E-state index in [0.29, 0.717) is 24.3 Å². The van der Waals surface area contributed by atoms with Gasteiger partial charge in [-0.05, 0) is 24.3 Å². The SMILES string of the molecule is [O]c1c(Cl)cc(C(F)(F)F)c(Oc2ccc(C(F)(F)F)cc2Cl)c1Cl. The summed E-state index contributed by atoms with van der Waals surface area (Å²) in [4.78, 5) is 0. The lowest BCUT2D eigenvalue weighted by atomic mass is 10.1. The third-order valence-corrected chi connectivity index (χ3v) is 3.83. The number of hydrogen-bond donors (Lipinski definition) is 0. The monoisotopic (exact) mass is 423 g/mol. The third kappa shape index (κ3) is 4.19. The number of hydrogen-bond acceptors (Lipinski definition) is 1. The van der Waals surface area contributed by atoms with Crippen LogP contribution in [0.2, 0.25) is 15.1 Å². The van der Waals surface area contributed by atoms with E-state index < -0.39 is 55.8 Å². The molecule has 2 nitrogen and oxygen atoms in total. The van der Waals surface area contributed by atoms with E-state index in [1.165, 1.54) is 0 Å². The van der Waals surface area contributed by atoms with Crippen LogP contribution >= 0.6 is 34.8 Å². The van der Waals surface area contributed by atoms with Gasteiger partial charge in [0.1, 0.15) is 16.3 Å². The highest BCUT2D eigenvalue weighted by molar-refractivity contribution is 6.38. The van der Waals surface area contributed by atoms with Crippen LogP contribution in [-0.4, -0.2) is 0 Å². The van der Waals surface area contributed by atoms with E-state index in [2.05, 4.69) is 0 Å². The standard InChI is InChI=1S/C14H4Cl3F6O2/c15-7-3-5(13(18,19)20)1-2-9(7)25-12-6(14(21,22)23)4-8(16)11(24)10(12)17/h1-4H.